The molecule has 0 aliphatic heterocycles. The van der Waals surface area contributed by atoms with Gasteiger partial charge in [0.25, 0.3) is 11.8 Å². The van der Waals surface area contributed by atoms with E-state index >= 15 is 0 Å². The van der Waals surface area contributed by atoms with Crippen LogP contribution in [-0.2, 0) is 12.8 Å². The maximum Gasteiger partial charge on any atom is 0.319 e. The van der Waals surface area contributed by atoms with Gasteiger partial charge in [-0.15, -0.1) is 11.3 Å². The number of carbonyl (C=O) groups is 2. The molecule has 0 saturated carbocycles. The molecule has 2 heterocycles. The van der Waals surface area contributed by atoms with Gasteiger partial charge in [0, 0.05) is 4.88 Å². The van der Waals surface area contributed by atoms with E-state index in [2.05, 4.69) is 36.3 Å². The first-order valence-electron chi connectivity index (χ1n) is 8.53. The average molecular weight is 391 g/mol. The van der Waals surface area contributed by atoms with Crippen molar-refractivity contribution in [1.82, 2.24) is 10.2 Å². The normalized spacial score (nSPS) is 16.6. The lowest BCUT2D eigenvalue weighted by Gasteiger charge is -2.33. The third-order valence-corrected chi connectivity index (χ3v) is 6.18. The predicted octanol–water partition coefficient (Wildman–Crippen LogP) is 2.88. The van der Waals surface area contributed by atoms with Crippen molar-refractivity contribution in [3.63, 3.8) is 0 Å². The van der Waals surface area contributed by atoms with E-state index in [0.717, 1.165) is 29.5 Å². The summed E-state index contributed by atoms with van der Waals surface area (Å²) in [7, 11) is 0. The number of fused-ring (bicyclic) bond motifs is 1. The Morgan fingerprint density at radius 3 is 2.74 bits per heavy atom. The van der Waals surface area contributed by atoms with E-state index in [9.17, 15) is 19.7 Å². The topological polar surface area (TPSA) is 144 Å². The van der Waals surface area contributed by atoms with Crippen LogP contribution in [0.1, 0.15) is 58.5 Å². The number of nitrogens with one attached hydrogen (secondary N) is 2. The third-order valence-electron chi connectivity index (χ3n) is 5.01. The summed E-state index contributed by atoms with van der Waals surface area (Å²) in [6.07, 6.45) is 3.43. The Morgan fingerprint density at radius 2 is 2.15 bits per heavy atom. The Balaban J connectivity index is 1.94. The Bertz CT molecular complexity index is 924. The standard InChI is InChI=1S/C17H21N5O4S/c1-17(2,3)8-4-5-9-11(6-8)27-16(12(9)14(18)23)20-15(24)13-10(22(25)26)7-19-21-13/h7-8H,4-6H2,1-3H3,(H2,18,23)(H,19,21)(H,20,24). The van der Waals surface area contributed by atoms with Gasteiger partial charge in [-0.3, -0.25) is 24.8 Å². The van der Waals surface area contributed by atoms with Gasteiger partial charge in [0.05, 0.1) is 10.5 Å². The summed E-state index contributed by atoms with van der Waals surface area (Å²) in [4.78, 5) is 35.8. The summed E-state index contributed by atoms with van der Waals surface area (Å²) >= 11 is 1.31. The molecule has 0 fully saturated rings. The number of nitro groups is 1. The number of nitrogens with two attached hydrogens (primary N) is 1. The molecule has 0 radical (unpaired) electrons. The lowest BCUT2D eigenvalue weighted by Crippen LogP contribution is -2.27. The first kappa shape index (κ1) is 19.0. The third kappa shape index (κ3) is 3.57. The highest BCUT2D eigenvalue weighted by Gasteiger charge is 2.34. The number of rotatable bonds is 4. The number of nitrogens with zero attached hydrogens (tertiary/aromatic N) is 2. The number of carbonyl (C=O) groups excluding carboxylic acids is 2. The summed E-state index contributed by atoms with van der Waals surface area (Å²) in [6.45, 7) is 6.56. The Kier molecular flexibility index (Phi) is 4.77. The SMILES string of the molecule is CC(C)(C)C1CCc2c(sc(NC(=O)c3[nH]ncc3[N+](=O)[O-])c2C(N)=O)C1. The molecule has 144 valence electrons. The zero-order chi connectivity index (χ0) is 19.9. The summed E-state index contributed by atoms with van der Waals surface area (Å²) in [5.41, 5.74) is 6.18. The maximum absolute atomic E-state index is 12.5. The molecule has 2 aromatic rings. The maximum atomic E-state index is 12.5. The average Bonchev–Trinajstić information content (AvgIpc) is 3.17. The van der Waals surface area contributed by atoms with Crippen molar-refractivity contribution in [3.05, 3.63) is 38.0 Å². The van der Waals surface area contributed by atoms with E-state index in [1.165, 1.54) is 11.3 Å². The number of H-pyrrole nitrogens is 1. The largest absolute Gasteiger partial charge is 0.365 e. The molecule has 2 aromatic heterocycles. The van der Waals surface area contributed by atoms with E-state index in [0.29, 0.717) is 22.9 Å². The molecule has 0 bridgehead atoms. The molecule has 3 rings (SSSR count). The second kappa shape index (κ2) is 6.76. The van der Waals surface area contributed by atoms with Gasteiger partial charge in [-0.2, -0.15) is 5.10 Å². The number of amides is 2. The first-order valence-corrected chi connectivity index (χ1v) is 9.34. The quantitative estimate of drug-likeness (QED) is 0.542. The molecular formula is C17H21N5O4S. The molecule has 1 aliphatic carbocycles. The molecule has 1 unspecified atom stereocenters. The van der Waals surface area contributed by atoms with E-state index < -0.39 is 22.4 Å². The van der Waals surface area contributed by atoms with Crippen LogP contribution < -0.4 is 11.1 Å². The number of thiophene rings is 1. The minimum atomic E-state index is -0.729. The molecule has 0 spiro atoms. The Labute approximate surface area is 159 Å². The van der Waals surface area contributed by atoms with E-state index in [1.807, 2.05) is 0 Å². The number of primary amides is 1. The van der Waals surface area contributed by atoms with Crippen molar-refractivity contribution < 1.29 is 14.5 Å². The van der Waals surface area contributed by atoms with Crippen molar-refractivity contribution >= 4 is 33.8 Å². The van der Waals surface area contributed by atoms with Gasteiger partial charge in [-0.1, -0.05) is 20.8 Å². The smallest absolute Gasteiger partial charge is 0.319 e. The molecule has 9 nitrogen and oxygen atoms in total. The predicted molar refractivity (Wildman–Crippen MR) is 101 cm³/mol. The van der Waals surface area contributed by atoms with Crippen LogP contribution in [0.4, 0.5) is 10.7 Å². The van der Waals surface area contributed by atoms with Crippen molar-refractivity contribution in [3.8, 4) is 0 Å². The van der Waals surface area contributed by atoms with Gasteiger partial charge in [0.2, 0.25) is 5.69 Å². The van der Waals surface area contributed by atoms with E-state index in [1.54, 1.807) is 0 Å². The highest BCUT2D eigenvalue weighted by atomic mass is 32.1. The van der Waals surface area contributed by atoms with Crippen molar-refractivity contribution in [2.75, 3.05) is 5.32 Å². The number of anilines is 1. The second-order valence-electron chi connectivity index (χ2n) is 7.72. The summed E-state index contributed by atoms with van der Waals surface area (Å²) in [5, 5.41) is 19.8. The van der Waals surface area contributed by atoms with Crippen LogP contribution in [0.2, 0.25) is 0 Å². The van der Waals surface area contributed by atoms with Crippen LogP contribution in [0.15, 0.2) is 6.20 Å². The molecule has 10 heteroatoms. The number of aromatic amines is 1. The number of aromatic nitrogens is 2. The highest BCUT2D eigenvalue weighted by Crippen LogP contribution is 2.44. The summed E-state index contributed by atoms with van der Waals surface area (Å²) in [6, 6.07) is 0. The minimum Gasteiger partial charge on any atom is -0.365 e. The van der Waals surface area contributed by atoms with Crippen molar-refractivity contribution in [2.45, 2.75) is 40.0 Å². The Morgan fingerprint density at radius 1 is 1.44 bits per heavy atom. The zero-order valence-corrected chi connectivity index (χ0v) is 16.1. The second-order valence-corrected chi connectivity index (χ2v) is 8.82. The highest BCUT2D eigenvalue weighted by molar-refractivity contribution is 7.17. The van der Waals surface area contributed by atoms with Gasteiger partial charge in [0.1, 0.15) is 11.2 Å². The first-order chi connectivity index (χ1) is 12.6. The molecular weight excluding hydrogens is 370 g/mol. The fourth-order valence-corrected chi connectivity index (χ4v) is 4.75. The Hall–Kier alpha value is -2.75. The molecule has 1 atom stereocenters. The van der Waals surface area contributed by atoms with Gasteiger partial charge in [0.15, 0.2) is 0 Å². The van der Waals surface area contributed by atoms with Crippen LogP contribution in [0.3, 0.4) is 0 Å². The van der Waals surface area contributed by atoms with Crippen LogP contribution in [0.25, 0.3) is 0 Å². The lowest BCUT2D eigenvalue weighted by atomic mass is 9.72. The van der Waals surface area contributed by atoms with Crippen molar-refractivity contribution in [1.29, 1.82) is 0 Å². The molecule has 0 saturated heterocycles. The van der Waals surface area contributed by atoms with Gasteiger partial charge >= 0.3 is 5.69 Å². The number of hydrogen-bond donors (Lipinski definition) is 3. The van der Waals surface area contributed by atoms with Gasteiger partial charge in [-0.05, 0) is 36.2 Å². The number of hydrogen-bond acceptors (Lipinski definition) is 6. The zero-order valence-electron chi connectivity index (χ0n) is 15.3. The van der Waals surface area contributed by atoms with Gasteiger partial charge < -0.3 is 11.1 Å². The van der Waals surface area contributed by atoms with Crippen LogP contribution >= 0.6 is 11.3 Å². The van der Waals surface area contributed by atoms with Crippen LogP contribution in [-0.4, -0.2) is 26.9 Å². The lowest BCUT2D eigenvalue weighted by molar-refractivity contribution is -0.385. The molecule has 4 N–H and O–H groups in total. The van der Waals surface area contributed by atoms with E-state index in [4.69, 9.17) is 5.73 Å². The molecule has 27 heavy (non-hydrogen) atoms. The van der Waals surface area contributed by atoms with E-state index in [-0.39, 0.29) is 11.1 Å². The summed E-state index contributed by atoms with van der Waals surface area (Å²) in [5.74, 6) is -0.884. The molecule has 1 aliphatic rings. The van der Waals surface area contributed by atoms with Gasteiger partial charge in [-0.25, -0.2) is 0 Å². The molecule has 2 amide bonds. The monoisotopic (exact) mass is 391 g/mol. The van der Waals surface area contributed by atoms with Crippen LogP contribution in [0.5, 0.6) is 0 Å². The fourth-order valence-electron chi connectivity index (χ4n) is 3.42. The summed E-state index contributed by atoms with van der Waals surface area (Å²) < 4.78 is 0. The van der Waals surface area contributed by atoms with Crippen molar-refractivity contribution in [2.24, 2.45) is 17.1 Å². The molecule has 0 aromatic carbocycles. The fraction of sp³-hybridized carbons (Fsp3) is 0.471. The van der Waals surface area contributed by atoms with Crippen LogP contribution in [0, 0.1) is 21.4 Å². The minimum absolute atomic E-state index is 0.133.